The van der Waals surface area contributed by atoms with E-state index in [1.807, 2.05) is 0 Å². The SMILES string of the molecule is C=C1CSCC(OC(=O)NCCC(C)(C)CC(C)CNC(=O)OC2CSCC(=C)CSC2)CSC1. The lowest BCUT2D eigenvalue weighted by molar-refractivity contribution is 0.114. The van der Waals surface area contributed by atoms with Gasteiger partial charge in [0, 0.05) is 59.1 Å². The van der Waals surface area contributed by atoms with E-state index in [1.54, 1.807) is 47.0 Å². The summed E-state index contributed by atoms with van der Waals surface area (Å²) < 4.78 is 11.2. The highest BCUT2D eigenvalue weighted by Crippen LogP contribution is 2.29. The van der Waals surface area contributed by atoms with Crippen molar-refractivity contribution < 1.29 is 19.1 Å². The van der Waals surface area contributed by atoms with Gasteiger partial charge in [0.05, 0.1) is 0 Å². The largest absolute Gasteiger partial charge is 0.444 e. The summed E-state index contributed by atoms with van der Waals surface area (Å²) in [7, 11) is 0. The number of nitrogens with one attached hydrogen (secondary N) is 2. The molecule has 2 rings (SSSR count). The first-order valence-corrected chi connectivity index (χ1v) is 16.8. The molecule has 2 aliphatic heterocycles. The summed E-state index contributed by atoms with van der Waals surface area (Å²) in [6.07, 6.45) is 0.984. The van der Waals surface area contributed by atoms with Gasteiger partial charge in [-0.2, -0.15) is 47.0 Å². The first kappa shape index (κ1) is 30.6. The molecule has 1 atom stereocenters. The molecule has 0 radical (unpaired) electrons. The number of thioether (sulfide) groups is 4. The maximum absolute atomic E-state index is 12.3. The number of carbonyl (C=O) groups is 2. The van der Waals surface area contributed by atoms with Crippen molar-refractivity contribution in [3.05, 3.63) is 24.3 Å². The van der Waals surface area contributed by atoms with Crippen LogP contribution in [-0.2, 0) is 9.47 Å². The van der Waals surface area contributed by atoms with Crippen molar-refractivity contribution in [2.75, 3.05) is 59.1 Å². The number of rotatable bonds is 9. The quantitative estimate of drug-likeness (QED) is 0.347. The topological polar surface area (TPSA) is 76.7 Å². The van der Waals surface area contributed by atoms with Gasteiger partial charge >= 0.3 is 12.2 Å². The van der Waals surface area contributed by atoms with Crippen molar-refractivity contribution in [1.82, 2.24) is 10.6 Å². The zero-order valence-corrected chi connectivity index (χ0v) is 24.7. The summed E-state index contributed by atoms with van der Waals surface area (Å²) in [6, 6.07) is 0. The van der Waals surface area contributed by atoms with Gasteiger partial charge in [-0.1, -0.05) is 45.1 Å². The zero-order chi connectivity index (χ0) is 25.7. The highest BCUT2D eigenvalue weighted by Gasteiger charge is 2.23. The first-order chi connectivity index (χ1) is 16.6. The third-order valence-corrected chi connectivity index (χ3v) is 10.4. The molecule has 0 aromatic heterocycles. The van der Waals surface area contributed by atoms with Crippen LogP contribution in [0.5, 0.6) is 0 Å². The monoisotopic (exact) mass is 562 g/mol. The van der Waals surface area contributed by atoms with Crippen LogP contribution in [0.15, 0.2) is 24.3 Å². The highest BCUT2D eigenvalue weighted by molar-refractivity contribution is 8.01. The Hall–Kier alpha value is -0.580. The van der Waals surface area contributed by atoms with Crippen LogP contribution in [0.2, 0.25) is 0 Å². The van der Waals surface area contributed by atoms with Crippen LogP contribution in [0.3, 0.4) is 0 Å². The summed E-state index contributed by atoms with van der Waals surface area (Å²) in [5.41, 5.74) is 2.51. The molecule has 10 heteroatoms. The second-order valence-electron chi connectivity index (χ2n) is 10.1. The smallest absolute Gasteiger partial charge is 0.407 e. The van der Waals surface area contributed by atoms with Gasteiger partial charge in [-0.15, -0.1) is 0 Å². The molecule has 200 valence electrons. The summed E-state index contributed by atoms with van der Waals surface area (Å²) >= 11 is 7.11. The number of amides is 2. The minimum Gasteiger partial charge on any atom is -0.444 e. The van der Waals surface area contributed by atoms with E-state index in [2.05, 4.69) is 44.6 Å². The van der Waals surface area contributed by atoms with Gasteiger partial charge in [0.15, 0.2) is 0 Å². The summed E-state index contributed by atoms with van der Waals surface area (Å²) in [4.78, 5) is 24.5. The lowest BCUT2D eigenvalue weighted by Gasteiger charge is -2.28. The fraction of sp³-hybridized carbons (Fsp3) is 0.760. The predicted molar refractivity (Wildman–Crippen MR) is 156 cm³/mol. The molecule has 0 aliphatic carbocycles. The summed E-state index contributed by atoms with van der Waals surface area (Å²) in [5, 5.41) is 5.85. The van der Waals surface area contributed by atoms with Gasteiger partial charge < -0.3 is 20.1 Å². The van der Waals surface area contributed by atoms with Gasteiger partial charge in [-0.3, -0.25) is 0 Å². The van der Waals surface area contributed by atoms with Crippen molar-refractivity contribution in [2.24, 2.45) is 11.3 Å². The highest BCUT2D eigenvalue weighted by atomic mass is 32.2. The molecule has 0 aromatic carbocycles. The second kappa shape index (κ2) is 16.3. The van der Waals surface area contributed by atoms with Gasteiger partial charge in [-0.25, -0.2) is 9.59 Å². The number of hydrogen-bond acceptors (Lipinski definition) is 8. The Labute approximate surface area is 228 Å². The molecule has 0 bridgehead atoms. The van der Waals surface area contributed by atoms with E-state index in [1.165, 1.54) is 11.1 Å². The number of hydrogen-bond donors (Lipinski definition) is 2. The summed E-state index contributed by atoms with van der Waals surface area (Å²) in [5.74, 6) is 7.28. The minimum atomic E-state index is -0.335. The Balaban J connectivity index is 1.60. The molecule has 1 unspecified atom stereocenters. The zero-order valence-electron chi connectivity index (χ0n) is 21.4. The lowest BCUT2D eigenvalue weighted by Crippen LogP contribution is -2.36. The fourth-order valence-corrected chi connectivity index (χ4v) is 8.30. The van der Waals surface area contributed by atoms with Gasteiger partial charge in [-0.05, 0) is 24.2 Å². The fourth-order valence-electron chi connectivity index (χ4n) is 3.92. The Bertz CT molecular complexity index is 696. The van der Waals surface area contributed by atoms with Crippen molar-refractivity contribution in [1.29, 1.82) is 0 Å². The molecule has 2 heterocycles. The lowest BCUT2D eigenvalue weighted by atomic mass is 9.80. The molecule has 2 fully saturated rings. The molecule has 35 heavy (non-hydrogen) atoms. The molecule has 2 saturated heterocycles. The first-order valence-electron chi connectivity index (χ1n) is 12.2. The molecule has 2 aliphatic rings. The third-order valence-electron chi connectivity index (χ3n) is 5.55. The van der Waals surface area contributed by atoms with Crippen LogP contribution >= 0.6 is 47.0 Å². The molecular formula is C25H42N2O4S4. The van der Waals surface area contributed by atoms with E-state index in [9.17, 15) is 9.59 Å². The minimum absolute atomic E-state index is 0.0276. The van der Waals surface area contributed by atoms with Gasteiger partial charge in [0.25, 0.3) is 0 Å². The van der Waals surface area contributed by atoms with E-state index < -0.39 is 0 Å². The molecule has 0 aromatic rings. The van der Waals surface area contributed by atoms with Crippen LogP contribution in [0.4, 0.5) is 9.59 Å². The standard InChI is InChI=1S/C25H42N2O4S4/c1-18(9-27-24(29)31-22-16-34-12-20(3)13-35-17-22)8-25(4,5)6-7-26-23(28)30-21-14-32-10-19(2)11-33-15-21/h18,21-22H,2-3,6-17H2,1,4-5H3,(H,26,28)(H,27,29). The average molecular weight is 563 g/mol. The molecule has 2 amide bonds. The number of alkyl carbamates (subject to hydrolysis) is 2. The Morgan fingerprint density at radius 2 is 1.31 bits per heavy atom. The van der Waals surface area contributed by atoms with E-state index in [-0.39, 0.29) is 29.8 Å². The Morgan fingerprint density at radius 1 is 0.886 bits per heavy atom. The van der Waals surface area contributed by atoms with Crippen molar-refractivity contribution in [3.63, 3.8) is 0 Å². The molecule has 0 saturated carbocycles. The maximum Gasteiger partial charge on any atom is 0.407 e. The molecule has 2 N–H and O–H groups in total. The van der Waals surface area contributed by atoms with E-state index in [4.69, 9.17) is 9.47 Å². The van der Waals surface area contributed by atoms with Gasteiger partial charge in [0.2, 0.25) is 0 Å². The van der Waals surface area contributed by atoms with Crippen LogP contribution in [-0.4, -0.2) is 83.5 Å². The van der Waals surface area contributed by atoms with Crippen molar-refractivity contribution in [2.45, 2.75) is 45.8 Å². The molecule has 6 nitrogen and oxygen atoms in total. The van der Waals surface area contributed by atoms with E-state index in [0.717, 1.165) is 58.9 Å². The molecular weight excluding hydrogens is 521 g/mol. The number of carbonyl (C=O) groups excluding carboxylic acids is 2. The Kier molecular flexibility index (Phi) is 14.3. The van der Waals surface area contributed by atoms with E-state index >= 15 is 0 Å². The molecule has 0 spiro atoms. The van der Waals surface area contributed by atoms with Gasteiger partial charge in [0.1, 0.15) is 12.2 Å². The van der Waals surface area contributed by atoms with Crippen LogP contribution in [0.25, 0.3) is 0 Å². The van der Waals surface area contributed by atoms with Crippen molar-refractivity contribution >= 4 is 59.2 Å². The van der Waals surface area contributed by atoms with Crippen molar-refractivity contribution in [3.8, 4) is 0 Å². The summed E-state index contributed by atoms with van der Waals surface area (Å²) in [6.45, 7) is 15.8. The second-order valence-corrected chi connectivity index (χ2v) is 14.3. The van der Waals surface area contributed by atoms with E-state index in [0.29, 0.717) is 19.0 Å². The maximum atomic E-state index is 12.3. The van der Waals surface area contributed by atoms with Crippen LogP contribution in [0.1, 0.15) is 33.6 Å². The predicted octanol–water partition coefficient (Wildman–Crippen LogP) is 5.69. The normalized spacial score (nSPS) is 20.1. The average Bonchev–Trinajstić information content (AvgIpc) is 2.74. The Morgan fingerprint density at radius 3 is 1.77 bits per heavy atom. The van der Waals surface area contributed by atoms with Crippen LogP contribution < -0.4 is 10.6 Å². The number of ether oxygens (including phenoxy) is 2. The van der Waals surface area contributed by atoms with Crippen LogP contribution in [0, 0.1) is 11.3 Å². The third kappa shape index (κ3) is 14.1.